The molecule has 234 valence electrons. The summed E-state index contributed by atoms with van der Waals surface area (Å²) in [4.78, 5) is 41.8. The van der Waals surface area contributed by atoms with Crippen LogP contribution in [0.15, 0.2) is 53.5 Å². The van der Waals surface area contributed by atoms with Crippen LogP contribution in [-0.4, -0.2) is 51.1 Å². The second-order valence-electron chi connectivity index (χ2n) is 12.4. The highest BCUT2D eigenvalue weighted by Crippen LogP contribution is 2.52. The monoisotopic (exact) mass is 613 g/mol. The van der Waals surface area contributed by atoms with E-state index >= 15 is 0 Å². The Morgan fingerprint density at radius 1 is 1.16 bits per heavy atom. The van der Waals surface area contributed by atoms with Gasteiger partial charge in [0, 0.05) is 17.9 Å². The van der Waals surface area contributed by atoms with Crippen molar-refractivity contribution in [3.05, 3.63) is 65.2 Å². The van der Waals surface area contributed by atoms with E-state index in [2.05, 4.69) is 16.4 Å². The van der Waals surface area contributed by atoms with Crippen molar-refractivity contribution in [2.75, 3.05) is 0 Å². The van der Waals surface area contributed by atoms with Crippen LogP contribution in [0.5, 0.6) is 5.75 Å². The molecule has 2 aromatic rings. The number of carbonyl (C=O) groups is 3. The number of aliphatic carboxylic acids is 1. The van der Waals surface area contributed by atoms with Crippen LogP contribution < -0.4 is 15.8 Å². The lowest BCUT2D eigenvalue weighted by molar-refractivity contribution is -0.192. The fraction of sp³-hybridized carbons (Fsp3) is 0.452. The Bertz CT molecular complexity index is 1510. The molecule has 0 bridgehead atoms. The molecule has 2 aromatic carbocycles. The molecule has 5 rings (SSSR count). The second kappa shape index (κ2) is 11.8. The van der Waals surface area contributed by atoms with Crippen LogP contribution in [0.2, 0.25) is 0 Å². The molecular weight excluding hydrogens is 579 g/mol. The van der Waals surface area contributed by atoms with Crippen molar-refractivity contribution in [2.24, 2.45) is 22.6 Å². The summed E-state index contributed by atoms with van der Waals surface area (Å²) in [6, 6.07) is 16.5. The number of carboxylic acids is 1. The van der Waals surface area contributed by atoms with Crippen molar-refractivity contribution in [2.45, 2.75) is 76.4 Å². The van der Waals surface area contributed by atoms with Gasteiger partial charge in [-0.3, -0.25) is 14.5 Å². The normalized spacial score (nSPS) is 23.8. The van der Waals surface area contributed by atoms with Crippen molar-refractivity contribution in [3.8, 4) is 11.8 Å². The van der Waals surface area contributed by atoms with Gasteiger partial charge in [0.25, 0.3) is 0 Å². The highest BCUT2D eigenvalue weighted by molar-refractivity contribution is 5.99. The third kappa shape index (κ3) is 7.30. The number of nitrogens with zero attached hydrogens (tertiary/aromatic N) is 3. The predicted molar refractivity (Wildman–Crippen MR) is 153 cm³/mol. The average Bonchev–Trinajstić information content (AvgIpc) is 3.70. The van der Waals surface area contributed by atoms with Gasteiger partial charge >= 0.3 is 12.1 Å². The first-order chi connectivity index (χ1) is 20.4. The zero-order valence-electron chi connectivity index (χ0n) is 24.7. The SMILES string of the molecule is CC1(C)CC(=O)N(C(c2ccc(C#N)cc2)[C@@H]2C[C@H]2C(=O)N[C@H]2CC(C)(C)Oc3ccccc32)C(N)=N1.O=C(O)C(F)(F)F. The van der Waals surface area contributed by atoms with Gasteiger partial charge in [0.1, 0.15) is 11.4 Å². The van der Waals surface area contributed by atoms with Gasteiger partial charge in [-0.1, -0.05) is 30.3 Å². The Morgan fingerprint density at radius 2 is 1.77 bits per heavy atom. The molecule has 2 amide bonds. The summed E-state index contributed by atoms with van der Waals surface area (Å²) in [6.45, 7) is 7.81. The number of nitrogens with one attached hydrogen (secondary N) is 1. The van der Waals surface area contributed by atoms with E-state index in [9.17, 15) is 28.0 Å². The molecule has 44 heavy (non-hydrogen) atoms. The van der Waals surface area contributed by atoms with Gasteiger partial charge in [-0.05, 0) is 63.8 Å². The van der Waals surface area contributed by atoms with E-state index in [0.717, 1.165) is 16.9 Å². The molecule has 1 unspecified atom stereocenters. The summed E-state index contributed by atoms with van der Waals surface area (Å²) in [5.41, 5.74) is 7.71. The number of aliphatic imine (C=N–C) groups is 1. The largest absolute Gasteiger partial charge is 0.490 e. The molecule has 0 aromatic heterocycles. The number of rotatable bonds is 5. The summed E-state index contributed by atoms with van der Waals surface area (Å²) < 4.78 is 37.9. The van der Waals surface area contributed by atoms with E-state index in [4.69, 9.17) is 20.4 Å². The summed E-state index contributed by atoms with van der Waals surface area (Å²) in [5, 5.41) is 19.6. The van der Waals surface area contributed by atoms with E-state index in [1.807, 2.05) is 64.1 Å². The number of alkyl halides is 3. The molecule has 2 heterocycles. The van der Waals surface area contributed by atoms with Crippen LogP contribution in [0.3, 0.4) is 0 Å². The first kappa shape index (κ1) is 32.3. The van der Waals surface area contributed by atoms with Crippen LogP contribution in [0.25, 0.3) is 0 Å². The summed E-state index contributed by atoms with van der Waals surface area (Å²) in [5.74, 6) is -2.34. The van der Waals surface area contributed by atoms with Gasteiger partial charge in [-0.15, -0.1) is 0 Å². The Kier molecular flexibility index (Phi) is 8.68. The van der Waals surface area contributed by atoms with Gasteiger partial charge in [0.05, 0.1) is 35.7 Å². The number of carboxylic acid groups (broad SMARTS) is 1. The number of hydrogen-bond donors (Lipinski definition) is 3. The minimum atomic E-state index is -5.08. The lowest BCUT2D eigenvalue weighted by Crippen LogP contribution is -2.52. The summed E-state index contributed by atoms with van der Waals surface area (Å²) in [7, 11) is 0. The van der Waals surface area contributed by atoms with Crippen molar-refractivity contribution >= 4 is 23.7 Å². The molecule has 4 N–H and O–H groups in total. The molecule has 13 heteroatoms. The molecule has 10 nitrogen and oxygen atoms in total. The van der Waals surface area contributed by atoms with Crippen LogP contribution in [0, 0.1) is 23.2 Å². The molecule has 0 saturated heterocycles. The third-order valence-electron chi connectivity index (χ3n) is 7.69. The number of ether oxygens (including phenoxy) is 1. The minimum Gasteiger partial charge on any atom is -0.487 e. The quantitative estimate of drug-likeness (QED) is 0.444. The van der Waals surface area contributed by atoms with E-state index in [1.54, 1.807) is 17.0 Å². The zero-order valence-corrected chi connectivity index (χ0v) is 24.7. The molecule has 3 aliphatic rings. The van der Waals surface area contributed by atoms with Gasteiger partial charge in [-0.25, -0.2) is 9.79 Å². The Labute approximate surface area is 252 Å². The highest BCUT2D eigenvalue weighted by Gasteiger charge is 2.53. The van der Waals surface area contributed by atoms with Crippen LogP contribution in [0.4, 0.5) is 13.2 Å². The number of amides is 2. The van der Waals surface area contributed by atoms with Gasteiger partial charge < -0.3 is 20.9 Å². The number of guanidine groups is 1. The predicted octanol–water partition coefficient (Wildman–Crippen LogP) is 4.61. The highest BCUT2D eigenvalue weighted by atomic mass is 19.4. The van der Waals surface area contributed by atoms with Crippen LogP contribution >= 0.6 is 0 Å². The van der Waals surface area contributed by atoms with Crippen LogP contribution in [-0.2, 0) is 14.4 Å². The van der Waals surface area contributed by atoms with Gasteiger partial charge in [0.15, 0.2) is 5.96 Å². The summed E-state index contributed by atoms with van der Waals surface area (Å²) >= 11 is 0. The fourth-order valence-electron chi connectivity index (χ4n) is 5.70. The molecule has 1 fully saturated rings. The lowest BCUT2D eigenvalue weighted by atomic mass is 9.89. The Balaban J connectivity index is 0.000000566. The van der Waals surface area contributed by atoms with Crippen LogP contribution in [0.1, 0.15) is 75.7 Å². The maximum atomic E-state index is 13.5. The molecule has 2 aliphatic heterocycles. The molecule has 4 atom stereocenters. The fourth-order valence-corrected chi connectivity index (χ4v) is 5.70. The first-order valence-electron chi connectivity index (χ1n) is 14.0. The van der Waals surface area contributed by atoms with Crippen molar-refractivity contribution in [3.63, 3.8) is 0 Å². The number of halogens is 3. The van der Waals surface area contributed by atoms with Gasteiger partial charge in [0.2, 0.25) is 11.8 Å². The third-order valence-corrected chi connectivity index (χ3v) is 7.69. The number of hydrogen-bond acceptors (Lipinski definition) is 7. The maximum Gasteiger partial charge on any atom is 0.490 e. The Hall–Kier alpha value is -4.60. The maximum absolute atomic E-state index is 13.5. The molecule has 1 aliphatic carbocycles. The standard InChI is InChI=1S/C29H33N5O3.C2HF3O2/c1-28(2)15-24(35)34(27(31)33-28)25(18-11-9-17(16-30)10-12-18)20-13-21(20)26(36)32-22-14-29(3,4)37-23-8-6-5-7-19(22)23;3-2(4,5)1(6)7/h5-12,20-22,25H,13-15H2,1-4H3,(H2,31,33)(H,32,36);(H,6,7)/t20-,21-,22+,25?;/m1./s1. The molecule has 0 spiro atoms. The minimum absolute atomic E-state index is 0.0403. The topological polar surface area (TPSA) is 158 Å². The van der Waals surface area contributed by atoms with E-state index in [-0.39, 0.29) is 42.1 Å². The number of para-hydroxylation sites is 1. The van der Waals surface area contributed by atoms with Crippen molar-refractivity contribution < 1.29 is 37.4 Å². The van der Waals surface area contributed by atoms with Gasteiger partial charge in [-0.2, -0.15) is 18.4 Å². The van der Waals surface area contributed by atoms with E-state index < -0.39 is 29.3 Å². The average molecular weight is 614 g/mol. The number of nitriles is 1. The summed E-state index contributed by atoms with van der Waals surface area (Å²) in [6.07, 6.45) is -3.56. The molecule has 0 radical (unpaired) electrons. The number of fused-ring (bicyclic) bond motifs is 1. The van der Waals surface area contributed by atoms with E-state index in [1.165, 1.54) is 0 Å². The van der Waals surface area contributed by atoms with Crippen molar-refractivity contribution in [1.29, 1.82) is 5.26 Å². The smallest absolute Gasteiger partial charge is 0.487 e. The number of carbonyl (C=O) groups excluding carboxylic acids is 2. The second-order valence-corrected chi connectivity index (χ2v) is 12.4. The molecular formula is C31H34F3N5O5. The lowest BCUT2D eigenvalue weighted by Gasteiger charge is -2.39. The first-order valence-corrected chi connectivity index (χ1v) is 14.0. The van der Waals surface area contributed by atoms with Crippen molar-refractivity contribution in [1.82, 2.24) is 10.2 Å². The molecule has 1 saturated carbocycles. The van der Waals surface area contributed by atoms with E-state index in [0.29, 0.717) is 18.4 Å². The zero-order chi connectivity index (χ0) is 32.6. The number of nitrogens with two attached hydrogens (primary N) is 1. The Morgan fingerprint density at radius 3 is 2.34 bits per heavy atom. The number of benzene rings is 2.